The van der Waals surface area contributed by atoms with Crippen LogP contribution in [0.15, 0.2) is 71.2 Å². The molecule has 1 aliphatic heterocycles. The molecule has 1 saturated carbocycles. The summed E-state index contributed by atoms with van der Waals surface area (Å²) in [7, 11) is 1.69. The van der Waals surface area contributed by atoms with Crippen molar-refractivity contribution in [2.45, 2.75) is 18.9 Å². The lowest BCUT2D eigenvalue weighted by atomic mass is 10.1. The molecular weight excluding hydrogens is 520 g/mol. The zero-order valence-corrected chi connectivity index (χ0v) is 21.8. The highest BCUT2D eigenvalue weighted by Crippen LogP contribution is 2.31. The number of hydrogen-bond donors (Lipinski definition) is 2. The maximum atomic E-state index is 13.2. The number of carbonyl (C=O) groups excluding carboxylic acids is 2. The van der Waals surface area contributed by atoms with E-state index in [-0.39, 0.29) is 17.9 Å². The normalized spacial score (nSPS) is 15.4. The van der Waals surface area contributed by atoms with Gasteiger partial charge in [-0.25, -0.2) is 0 Å². The topological polar surface area (TPSA) is 73.9 Å². The molecule has 3 aromatic rings. The van der Waals surface area contributed by atoms with Crippen LogP contribution in [0.3, 0.4) is 0 Å². The van der Waals surface area contributed by atoms with E-state index in [0.717, 1.165) is 60.6 Å². The molecule has 0 radical (unpaired) electrons. The van der Waals surface area contributed by atoms with Crippen molar-refractivity contribution in [1.82, 2.24) is 5.32 Å². The fourth-order valence-corrected chi connectivity index (χ4v) is 4.95. The van der Waals surface area contributed by atoms with E-state index < -0.39 is 0 Å². The number of rotatable bonds is 7. The van der Waals surface area contributed by atoms with Gasteiger partial charge >= 0.3 is 0 Å². The Morgan fingerprint density at radius 1 is 0.833 bits per heavy atom. The minimum atomic E-state index is -0.228. The lowest BCUT2D eigenvalue weighted by Gasteiger charge is -2.38. The number of piperazine rings is 1. The number of methoxy groups -OCH3 is 1. The highest BCUT2D eigenvalue weighted by Gasteiger charge is 2.28. The lowest BCUT2D eigenvalue weighted by molar-refractivity contribution is 0.0950. The van der Waals surface area contributed by atoms with Crippen molar-refractivity contribution in [2.75, 3.05) is 48.4 Å². The Labute approximate surface area is 219 Å². The van der Waals surface area contributed by atoms with Crippen molar-refractivity contribution in [3.63, 3.8) is 0 Å². The second-order valence-electron chi connectivity index (χ2n) is 9.06. The summed E-state index contributed by atoms with van der Waals surface area (Å²) in [5, 5.41) is 6.05. The van der Waals surface area contributed by atoms with Gasteiger partial charge in [-0.2, -0.15) is 0 Å². The zero-order chi connectivity index (χ0) is 25.1. The number of nitrogens with one attached hydrogen (secondary N) is 2. The summed E-state index contributed by atoms with van der Waals surface area (Å²) >= 11 is 3.43. The number of halogens is 1. The molecule has 36 heavy (non-hydrogen) atoms. The molecule has 1 aliphatic carbocycles. The first-order valence-electron chi connectivity index (χ1n) is 12.2. The van der Waals surface area contributed by atoms with Crippen LogP contribution in [-0.2, 0) is 0 Å². The molecule has 3 aromatic carbocycles. The first kappa shape index (κ1) is 24.2. The van der Waals surface area contributed by atoms with Crippen molar-refractivity contribution >= 4 is 44.8 Å². The zero-order valence-electron chi connectivity index (χ0n) is 20.2. The quantitative estimate of drug-likeness (QED) is 0.438. The SMILES string of the molecule is COc1ccccc1N1CCN(c2ccc(NC(=O)c3ccccc3Br)cc2C(=O)NC2CC2)CC1. The number of benzene rings is 3. The fourth-order valence-electron chi connectivity index (χ4n) is 4.49. The largest absolute Gasteiger partial charge is 0.495 e. The average molecular weight is 549 g/mol. The third-order valence-electron chi connectivity index (χ3n) is 6.58. The molecule has 8 heteroatoms. The monoisotopic (exact) mass is 548 g/mol. The van der Waals surface area contributed by atoms with Gasteiger partial charge in [-0.3, -0.25) is 9.59 Å². The Morgan fingerprint density at radius 2 is 1.50 bits per heavy atom. The van der Waals surface area contributed by atoms with Crippen LogP contribution >= 0.6 is 15.9 Å². The van der Waals surface area contributed by atoms with E-state index in [4.69, 9.17) is 4.74 Å². The number of hydrogen-bond acceptors (Lipinski definition) is 5. The van der Waals surface area contributed by atoms with Crippen LogP contribution in [0.25, 0.3) is 0 Å². The van der Waals surface area contributed by atoms with E-state index in [1.165, 1.54) is 0 Å². The standard InChI is InChI=1S/C28H29BrN4O3/c1-36-26-9-5-4-8-25(26)33-16-14-32(15-17-33)24-13-12-20(18-22(24)28(35)30-19-10-11-19)31-27(34)21-6-2-3-7-23(21)29/h2-9,12-13,18-19H,10-11,14-17H2,1H3,(H,30,35)(H,31,34). The summed E-state index contributed by atoms with van der Waals surface area (Å²) in [6.45, 7) is 3.16. The van der Waals surface area contributed by atoms with Crippen molar-refractivity contribution in [1.29, 1.82) is 0 Å². The summed E-state index contributed by atoms with van der Waals surface area (Å²) in [5.74, 6) is 0.534. The van der Waals surface area contributed by atoms with Gasteiger partial charge in [0.1, 0.15) is 5.75 Å². The predicted octanol–water partition coefficient (Wildman–Crippen LogP) is 4.93. The van der Waals surface area contributed by atoms with Gasteiger partial charge in [0.05, 0.1) is 23.9 Å². The van der Waals surface area contributed by atoms with Gasteiger partial charge in [0.15, 0.2) is 0 Å². The Morgan fingerprint density at radius 3 is 2.19 bits per heavy atom. The van der Waals surface area contributed by atoms with E-state index >= 15 is 0 Å². The maximum Gasteiger partial charge on any atom is 0.256 e. The Balaban J connectivity index is 1.36. The molecule has 7 nitrogen and oxygen atoms in total. The number of amides is 2. The smallest absolute Gasteiger partial charge is 0.256 e. The van der Waals surface area contributed by atoms with Gasteiger partial charge in [0, 0.05) is 48.1 Å². The molecule has 2 N–H and O–H groups in total. The van der Waals surface area contributed by atoms with Crippen LogP contribution in [0, 0.1) is 0 Å². The minimum Gasteiger partial charge on any atom is -0.495 e. The minimum absolute atomic E-state index is 0.100. The van der Waals surface area contributed by atoms with Crippen LogP contribution < -0.4 is 25.2 Å². The van der Waals surface area contributed by atoms with Gasteiger partial charge in [-0.05, 0) is 71.2 Å². The van der Waals surface area contributed by atoms with Gasteiger partial charge in [-0.15, -0.1) is 0 Å². The molecule has 0 bridgehead atoms. The number of ether oxygens (including phenoxy) is 1. The first-order chi connectivity index (χ1) is 17.5. The second-order valence-corrected chi connectivity index (χ2v) is 9.91. The maximum absolute atomic E-state index is 13.2. The molecule has 2 aliphatic rings. The summed E-state index contributed by atoms with van der Waals surface area (Å²) < 4.78 is 6.26. The Bertz CT molecular complexity index is 1270. The highest BCUT2D eigenvalue weighted by atomic mass is 79.9. The summed E-state index contributed by atoms with van der Waals surface area (Å²) in [6, 6.07) is 21.2. The summed E-state index contributed by atoms with van der Waals surface area (Å²) in [5.41, 5.74) is 3.67. The van der Waals surface area contributed by atoms with E-state index in [0.29, 0.717) is 16.8 Å². The molecule has 2 fully saturated rings. The Hall–Kier alpha value is -3.52. The third-order valence-corrected chi connectivity index (χ3v) is 7.27. The lowest BCUT2D eigenvalue weighted by Crippen LogP contribution is -2.47. The molecule has 0 spiro atoms. The van der Waals surface area contributed by atoms with E-state index in [2.05, 4.69) is 42.4 Å². The number of nitrogens with zero attached hydrogens (tertiary/aromatic N) is 2. The molecule has 1 heterocycles. The summed E-state index contributed by atoms with van der Waals surface area (Å²) in [4.78, 5) is 30.6. The van der Waals surface area contributed by atoms with Crippen LogP contribution in [0.1, 0.15) is 33.6 Å². The van der Waals surface area contributed by atoms with E-state index in [1.54, 1.807) is 19.2 Å². The van der Waals surface area contributed by atoms with Crippen molar-refractivity contribution in [3.05, 3.63) is 82.3 Å². The van der Waals surface area contributed by atoms with Crippen LogP contribution in [0.4, 0.5) is 17.1 Å². The van der Waals surface area contributed by atoms with Crippen LogP contribution in [-0.4, -0.2) is 51.1 Å². The van der Waals surface area contributed by atoms with Gasteiger partial charge in [0.2, 0.25) is 0 Å². The molecule has 186 valence electrons. The molecule has 2 amide bonds. The Kier molecular flexibility index (Phi) is 7.13. The summed E-state index contributed by atoms with van der Waals surface area (Å²) in [6.07, 6.45) is 2.02. The highest BCUT2D eigenvalue weighted by molar-refractivity contribution is 9.10. The number of carbonyl (C=O) groups is 2. The fraction of sp³-hybridized carbons (Fsp3) is 0.286. The van der Waals surface area contributed by atoms with Crippen LogP contribution in [0.2, 0.25) is 0 Å². The number of anilines is 3. The van der Waals surface area contributed by atoms with Crippen molar-refractivity contribution in [2.24, 2.45) is 0 Å². The van der Waals surface area contributed by atoms with Gasteiger partial charge < -0.3 is 25.2 Å². The van der Waals surface area contributed by atoms with Crippen LogP contribution in [0.5, 0.6) is 5.75 Å². The molecule has 0 unspecified atom stereocenters. The first-order valence-corrected chi connectivity index (χ1v) is 13.0. The average Bonchev–Trinajstić information content (AvgIpc) is 3.73. The van der Waals surface area contributed by atoms with Gasteiger partial charge in [0.25, 0.3) is 11.8 Å². The predicted molar refractivity (Wildman–Crippen MR) is 146 cm³/mol. The van der Waals surface area contributed by atoms with E-state index in [9.17, 15) is 9.59 Å². The third kappa shape index (κ3) is 5.33. The molecule has 0 atom stereocenters. The van der Waals surface area contributed by atoms with Crippen molar-refractivity contribution in [3.8, 4) is 5.75 Å². The molecule has 0 aromatic heterocycles. The number of para-hydroxylation sites is 2. The molecule has 5 rings (SSSR count). The molecule has 1 saturated heterocycles. The van der Waals surface area contributed by atoms with E-state index in [1.807, 2.05) is 48.5 Å². The second kappa shape index (κ2) is 10.6. The molecular formula is C28H29BrN4O3. The van der Waals surface area contributed by atoms with Gasteiger partial charge in [-0.1, -0.05) is 24.3 Å². The van der Waals surface area contributed by atoms with Crippen molar-refractivity contribution < 1.29 is 14.3 Å².